The third-order valence-electron chi connectivity index (χ3n) is 9.82. The number of hydrogen-bond donors (Lipinski definition) is 1. The Morgan fingerprint density at radius 3 is 2.47 bits per heavy atom. The molecule has 1 amide bonds. The van der Waals surface area contributed by atoms with E-state index in [0.717, 1.165) is 28.7 Å². The van der Waals surface area contributed by atoms with Crippen molar-refractivity contribution in [1.29, 1.82) is 5.26 Å². The molecule has 6 rings (SSSR count). The van der Waals surface area contributed by atoms with Gasteiger partial charge in [-0.1, -0.05) is 25.2 Å². The Balaban J connectivity index is 1.55. The quantitative estimate of drug-likeness (QED) is 0.217. The van der Waals surface area contributed by atoms with Crippen LogP contribution in [0.1, 0.15) is 76.5 Å². The van der Waals surface area contributed by atoms with Crippen LogP contribution < -0.4 is 16.0 Å². The van der Waals surface area contributed by atoms with Crippen LogP contribution in [0.3, 0.4) is 0 Å². The lowest BCUT2D eigenvalue weighted by Crippen LogP contribution is -2.72. The normalized spacial score (nSPS) is 21.6. The van der Waals surface area contributed by atoms with Crippen LogP contribution >= 0.6 is 11.3 Å². The number of ether oxygens (including phenoxy) is 2. The number of nitrogens with zero attached hydrogens (tertiary/aromatic N) is 7. The number of nitriles is 1. The minimum absolute atomic E-state index is 0.0192. The molecule has 0 spiro atoms. The van der Waals surface area contributed by atoms with E-state index in [2.05, 4.69) is 10.2 Å². The molecule has 13 nitrogen and oxygen atoms in total. The third kappa shape index (κ3) is 6.17. The topological polar surface area (TPSA) is 158 Å². The van der Waals surface area contributed by atoms with Gasteiger partial charge in [0.25, 0.3) is 11.5 Å². The molecule has 15 heteroatoms. The first-order valence-electron chi connectivity index (χ1n) is 16.6. The van der Waals surface area contributed by atoms with Gasteiger partial charge in [-0.15, -0.1) is 4.80 Å². The van der Waals surface area contributed by atoms with Crippen LogP contribution in [0.15, 0.2) is 40.2 Å². The second-order valence-electron chi connectivity index (χ2n) is 12.9. The van der Waals surface area contributed by atoms with Crippen LogP contribution in [-0.4, -0.2) is 71.4 Å². The number of hydrogen-bond acceptors (Lipinski definition) is 10. The Hall–Kier alpha value is -4.39. The van der Waals surface area contributed by atoms with Crippen LogP contribution in [0.25, 0.3) is 15.2 Å². The highest BCUT2D eigenvalue weighted by Gasteiger charge is 2.53. The predicted octanol–water partition coefficient (Wildman–Crippen LogP) is 3.96. The smallest absolute Gasteiger partial charge is 0.333 e. The van der Waals surface area contributed by atoms with Gasteiger partial charge in [0.05, 0.1) is 43.1 Å². The van der Waals surface area contributed by atoms with Crippen molar-refractivity contribution >= 4 is 27.5 Å². The first kappa shape index (κ1) is 34.5. The highest BCUT2D eigenvalue weighted by Crippen LogP contribution is 2.38. The highest BCUT2D eigenvalue weighted by molar-refractivity contribution is 7.21. The van der Waals surface area contributed by atoms with Crippen molar-refractivity contribution in [1.82, 2.24) is 29.0 Å². The van der Waals surface area contributed by atoms with E-state index in [9.17, 15) is 29.1 Å². The molecule has 4 heterocycles. The maximum Gasteiger partial charge on any atom is 0.333 e. The Labute approximate surface area is 286 Å². The maximum atomic E-state index is 14.9. The summed E-state index contributed by atoms with van der Waals surface area (Å²) in [6.07, 6.45) is 4.85. The number of thiophene rings is 1. The summed E-state index contributed by atoms with van der Waals surface area (Å²) in [6, 6.07) is 5.80. The Morgan fingerprint density at radius 2 is 1.84 bits per heavy atom. The van der Waals surface area contributed by atoms with E-state index in [-0.39, 0.29) is 54.4 Å². The second kappa shape index (κ2) is 13.9. The number of fused-ring (bicyclic) bond motifs is 1. The molecule has 2 aliphatic rings. The van der Waals surface area contributed by atoms with Crippen molar-refractivity contribution in [2.75, 3.05) is 13.2 Å². The van der Waals surface area contributed by atoms with Crippen LogP contribution in [0.4, 0.5) is 4.39 Å². The Kier molecular flexibility index (Phi) is 9.74. The monoisotopic (exact) mass is 693 g/mol. The van der Waals surface area contributed by atoms with Gasteiger partial charge in [0.1, 0.15) is 39.1 Å². The number of halogens is 1. The number of aliphatic hydroxyl groups excluding tert-OH is 1. The van der Waals surface area contributed by atoms with Gasteiger partial charge in [0, 0.05) is 17.2 Å². The lowest BCUT2D eigenvalue weighted by molar-refractivity contribution is -0.161. The number of aromatic nitrogens is 5. The molecule has 1 unspecified atom stereocenters. The van der Waals surface area contributed by atoms with Gasteiger partial charge in [-0.2, -0.15) is 15.5 Å². The van der Waals surface area contributed by atoms with Gasteiger partial charge >= 0.3 is 5.69 Å². The van der Waals surface area contributed by atoms with Crippen LogP contribution in [0.2, 0.25) is 0 Å². The summed E-state index contributed by atoms with van der Waals surface area (Å²) in [6.45, 7) is 7.08. The maximum absolute atomic E-state index is 14.9. The van der Waals surface area contributed by atoms with Gasteiger partial charge in [-0.3, -0.25) is 14.2 Å². The fourth-order valence-electron chi connectivity index (χ4n) is 7.13. The minimum atomic E-state index is -1.43. The molecule has 2 fully saturated rings. The Bertz CT molecular complexity index is 2010. The number of benzene rings is 1. The lowest BCUT2D eigenvalue weighted by atomic mass is 9.87. The van der Waals surface area contributed by atoms with E-state index in [0.29, 0.717) is 41.1 Å². The van der Waals surface area contributed by atoms with Crippen molar-refractivity contribution in [2.24, 2.45) is 0 Å². The molecule has 3 aromatic heterocycles. The van der Waals surface area contributed by atoms with Crippen molar-refractivity contribution in [3.8, 4) is 16.8 Å². The molecule has 4 aromatic rings. The first-order chi connectivity index (χ1) is 23.5. The molecule has 1 saturated heterocycles. The molecule has 2 atom stereocenters. The number of carbonyl (C=O) groups excluding carboxylic acids is 1. The summed E-state index contributed by atoms with van der Waals surface area (Å²) >= 11 is 1.16. The van der Waals surface area contributed by atoms with Gasteiger partial charge in [-0.05, 0) is 70.6 Å². The van der Waals surface area contributed by atoms with E-state index in [4.69, 9.17) is 9.47 Å². The van der Waals surface area contributed by atoms with Crippen LogP contribution in [0, 0.1) is 24.1 Å². The molecular formula is C34H40FN7O6S. The minimum Gasteiger partial charge on any atom is -0.478 e. The van der Waals surface area contributed by atoms with E-state index >= 15 is 0 Å². The number of likely N-dealkylation sites (tertiary alicyclic amines) is 1. The predicted molar refractivity (Wildman–Crippen MR) is 179 cm³/mol. The SMILES string of the molecule is CCC(CC)N1CC(C)(n2c(=O)c3c(C)c(-n4nccn4)sc3n(C[C@H](O[C@H]3CC[C@@H](O)CC3)c3cc(F)ccc3OCC#N)c2=O)C1=O. The summed E-state index contributed by atoms with van der Waals surface area (Å²) in [5.41, 5.74) is -1.90. The van der Waals surface area contributed by atoms with Gasteiger partial charge in [0.2, 0.25) is 0 Å². The zero-order valence-corrected chi connectivity index (χ0v) is 28.8. The summed E-state index contributed by atoms with van der Waals surface area (Å²) in [4.78, 5) is 46.4. The fraction of sp³-hybridized carbons (Fsp3) is 0.529. The van der Waals surface area contributed by atoms with E-state index in [1.807, 2.05) is 19.9 Å². The number of rotatable bonds is 12. The fourth-order valence-corrected chi connectivity index (χ4v) is 8.35. The van der Waals surface area contributed by atoms with E-state index < -0.39 is 34.8 Å². The summed E-state index contributed by atoms with van der Waals surface area (Å²) in [7, 11) is 0. The highest BCUT2D eigenvalue weighted by atomic mass is 32.1. The zero-order chi connectivity index (χ0) is 35.0. The first-order valence-corrected chi connectivity index (χ1v) is 17.4. The molecule has 1 aromatic carbocycles. The number of aliphatic hydroxyl groups is 1. The Morgan fingerprint density at radius 1 is 1.14 bits per heavy atom. The molecular weight excluding hydrogens is 653 g/mol. The summed E-state index contributed by atoms with van der Waals surface area (Å²) in [5, 5.41) is 28.7. The molecule has 260 valence electrons. The molecule has 0 radical (unpaired) electrons. The number of amides is 1. The van der Waals surface area contributed by atoms with Crippen molar-refractivity contribution in [3.63, 3.8) is 0 Å². The average molecular weight is 694 g/mol. The van der Waals surface area contributed by atoms with E-state index in [1.165, 1.54) is 40.0 Å². The summed E-state index contributed by atoms with van der Waals surface area (Å²) in [5.74, 6) is -0.659. The molecule has 1 aliphatic carbocycles. The third-order valence-corrected chi connectivity index (χ3v) is 11.1. The molecule has 49 heavy (non-hydrogen) atoms. The van der Waals surface area contributed by atoms with Crippen molar-refractivity contribution in [3.05, 3.63) is 68.4 Å². The van der Waals surface area contributed by atoms with Crippen molar-refractivity contribution < 1.29 is 23.8 Å². The van der Waals surface area contributed by atoms with Gasteiger partial charge in [0.15, 0.2) is 6.61 Å². The van der Waals surface area contributed by atoms with Crippen LogP contribution in [-0.2, 0) is 21.6 Å². The lowest BCUT2D eigenvalue weighted by Gasteiger charge is -2.50. The summed E-state index contributed by atoms with van der Waals surface area (Å²) < 4.78 is 29.7. The number of aryl methyl sites for hydroxylation is 1. The van der Waals surface area contributed by atoms with Crippen LogP contribution in [0.5, 0.6) is 5.75 Å². The second-order valence-corrected chi connectivity index (χ2v) is 13.9. The van der Waals surface area contributed by atoms with Gasteiger partial charge < -0.3 is 19.5 Å². The molecule has 0 bridgehead atoms. The number of carbonyl (C=O) groups is 1. The van der Waals surface area contributed by atoms with Crippen molar-refractivity contribution in [2.45, 2.75) is 103 Å². The van der Waals surface area contributed by atoms with Gasteiger partial charge in [-0.25, -0.2) is 13.8 Å². The standard InChI is InChI=1S/C34H40FN7O6S/c1-5-22(6-2)40-19-34(4,32(40)45)41-29(44)28-20(3)30(42-37-14-15-38-42)49-31(28)39(33(41)46)18-27(48-24-10-8-23(43)9-11-24)25-17-21(35)7-12-26(25)47-16-13-36/h7,12,14-15,17,22-24,27,43H,5-6,8-11,16,18-19H2,1-4H3/t23-,24+,27-,34?/m0/s1. The largest absolute Gasteiger partial charge is 0.478 e. The number of β-lactam (4-membered cyclic amide) rings is 1. The average Bonchev–Trinajstić information content (AvgIpc) is 3.74. The molecule has 1 N–H and O–H groups in total. The molecule has 1 aliphatic heterocycles. The zero-order valence-electron chi connectivity index (χ0n) is 28.0. The van der Waals surface area contributed by atoms with E-state index in [1.54, 1.807) is 18.7 Å². The molecule has 1 saturated carbocycles.